The number of hydrogen-bond acceptors (Lipinski definition) is 12. The van der Waals surface area contributed by atoms with Crippen LogP contribution in [-0.4, -0.2) is 56.0 Å². The van der Waals surface area contributed by atoms with Crippen LogP contribution in [0, 0.1) is 11.8 Å². The van der Waals surface area contributed by atoms with Crippen molar-refractivity contribution in [2.24, 2.45) is 0 Å². The summed E-state index contributed by atoms with van der Waals surface area (Å²) in [6.07, 6.45) is 1.86. The van der Waals surface area contributed by atoms with E-state index in [-0.39, 0.29) is 31.6 Å². The van der Waals surface area contributed by atoms with Crippen molar-refractivity contribution in [2.45, 2.75) is 66.3 Å². The first-order valence-corrected chi connectivity index (χ1v) is 14.2. The van der Waals surface area contributed by atoms with Gasteiger partial charge in [0.15, 0.2) is 7.60 Å². The first kappa shape index (κ1) is 37.0. The van der Waals surface area contributed by atoms with Crippen molar-refractivity contribution < 1.29 is 56.4 Å². The lowest BCUT2D eigenvalue weighted by Gasteiger charge is -2.33. The van der Waals surface area contributed by atoms with E-state index < -0.39 is 28.9 Å². The fourth-order valence-corrected chi connectivity index (χ4v) is 6.36. The van der Waals surface area contributed by atoms with Gasteiger partial charge in [0.1, 0.15) is 7.60 Å². The third-order valence-corrected chi connectivity index (χ3v) is 9.06. The zero-order valence-electron chi connectivity index (χ0n) is 18.8. The van der Waals surface area contributed by atoms with Crippen LogP contribution in [0.2, 0.25) is 0 Å². The van der Waals surface area contributed by atoms with E-state index in [1.165, 1.54) is 6.92 Å². The summed E-state index contributed by atoms with van der Waals surface area (Å²) in [7, 11) is -13.4. The highest BCUT2D eigenvalue weighted by Gasteiger charge is 2.29. The summed E-state index contributed by atoms with van der Waals surface area (Å²) in [5, 5.41) is 11.8. The number of aliphatic hydroxyl groups is 1. The van der Waals surface area contributed by atoms with Crippen LogP contribution in [0.5, 0.6) is 0 Å². The molecule has 1 amide bonds. The molecular formula is C17H35NO12P3-3. The third-order valence-electron chi connectivity index (χ3n) is 3.49. The summed E-state index contributed by atoms with van der Waals surface area (Å²) < 4.78 is 48.6. The van der Waals surface area contributed by atoms with Crippen LogP contribution in [-0.2, 0) is 36.6 Å². The van der Waals surface area contributed by atoms with Gasteiger partial charge in [0.25, 0.3) is 7.82 Å². The summed E-state index contributed by atoms with van der Waals surface area (Å²) in [5.41, 5.74) is 0. The molecule has 16 heteroatoms. The van der Waals surface area contributed by atoms with E-state index in [1.807, 2.05) is 13.8 Å². The maximum atomic E-state index is 10.9. The standard InChI is InChI=1S/C7H14O2.C6H9NO.C3H11O9P3.CH4/c1-3-7-6(8)4-5(2)9-7;1-3-4-5-7-6(2)8;1-10-13(4,5)3-14(6,7)12-15(8,9)11-2;/h5-8H,3-4H2,1-2H3;5H2,1-2H3,(H,7,8);3H2,1-2H3,(H,4,5)(H,6,7)(H,8,9);1H4/p-3/t5-,6?,7+;;;/m0.../s1. The monoisotopic (exact) mass is 538 g/mol. The number of carbonyl (C=O) groups excluding carboxylic acids is 1. The third kappa shape index (κ3) is 20.5. The maximum Gasteiger partial charge on any atom is 0.272 e. The van der Waals surface area contributed by atoms with Crippen molar-refractivity contribution in [1.82, 2.24) is 5.32 Å². The number of ether oxygens (including phenoxy) is 1. The maximum absolute atomic E-state index is 10.9. The van der Waals surface area contributed by atoms with Crippen LogP contribution in [0.3, 0.4) is 0 Å². The van der Waals surface area contributed by atoms with Crippen molar-refractivity contribution in [1.29, 1.82) is 0 Å². The summed E-state index contributed by atoms with van der Waals surface area (Å²) >= 11 is 0. The van der Waals surface area contributed by atoms with E-state index in [9.17, 15) is 38.3 Å². The molecule has 0 aliphatic carbocycles. The molecule has 1 saturated heterocycles. The predicted molar refractivity (Wildman–Crippen MR) is 117 cm³/mol. The number of amides is 1. The van der Waals surface area contributed by atoms with Crippen LogP contribution in [0.4, 0.5) is 0 Å². The van der Waals surface area contributed by atoms with Crippen LogP contribution in [0.25, 0.3) is 0 Å². The SMILES string of the molecule is C.CC#CCNC(C)=O.CC[C@H]1O[C@@H](C)CC1O.COP(=O)([O-])CP(=O)([O-])OP(=O)([O-])OC. The Bertz CT molecular complexity index is 736. The second-order valence-electron chi connectivity index (χ2n) is 6.29. The second kappa shape index (κ2) is 17.8. The van der Waals surface area contributed by atoms with Gasteiger partial charge in [0.2, 0.25) is 5.91 Å². The number of phosphoric acid groups is 1. The molecule has 0 aromatic rings. The zero-order valence-corrected chi connectivity index (χ0v) is 21.5. The zero-order chi connectivity index (χ0) is 25.6. The van der Waals surface area contributed by atoms with Crippen LogP contribution in [0.1, 0.15) is 48.0 Å². The average Bonchev–Trinajstić information content (AvgIpc) is 2.98. The van der Waals surface area contributed by atoms with Crippen LogP contribution in [0.15, 0.2) is 0 Å². The highest BCUT2D eigenvalue weighted by atomic mass is 31.3. The predicted octanol–water partition coefficient (Wildman–Crippen LogP) is 0.545. The minimum Gasteiger partial charge on any atom is -0.778 e. The number of nitrogens with one attached hydrogen (secondary N) is 1. The number of hydrogen-bond donors (Lipinski definition) is 2. The van der Waals surface area contributed by atoms with Gasteiger partial charge in [-0.05, 0) is 20.3 Å². The van der Waals surface area contributed by atoms with Crippen molar-refractivity contribution in [3.63, 3.8) is 0 Å². The van der Waals surface area contributed by atoms with Gasteiger partial charge in [-0.15, -0.1) is 5.92 Å². The first-order chi connectivity index (χ1) is 14.5. The summed E-state index contributed by atoms with van der Waals surface area (Å²) in [4.78, 5) is 42.3. The smallest absolute Gasteiger partial charge is 0.272 e. The van der Waals surface area contributed by atoms with Gasteiger partial charge in [-0.3, -0.25) is 13.7 Å². The molecule has 0 spiro atoms. The van der Waals surface area contributed by atoms with Crippen molar-refractivity contribution in [3.8, 4) is 11.8 Å². The van der Waals surface area contributed by atoms with E-state index in [1.54, 1.807) is 6.92 Å². The Kier molecular flexibility index (Phi) is 19.9. The number of carbonyl (C=O) groups is 1. The van der Waals surface area contributed by atoms with Crippen LogP contribution < -0.4 is 20.0 Å². The van der Waals surface area contributed by atoms with E-state index in [0.717, 1.165) is 20.0 Å². The number of phosphoric ester groups is 1. The van der Waals surface area contributed by atoms with Gasteiger partial charge in [-0.2, -0.15) is 0 Å². The molecule has 1 rings (SSSR count). The molecular weight excluding hydrogens is 503 g/mol. The molecule has 1 fully saturated rings. The second-order valence-corrected chi connectivity index (χ2v) is 12.1. The van der Waals surface area contributed by atoms with Crippen molar-refractivity contribution in [3.05, 3.63) is 0 Å². The highest BCUT2D eigenvalue weighted by molar-refractivity contribution is 7.72. The minimum atomic E-state index is -5.12. The summed E-state index contributed by atoms with van der Waals surface area (Å²) in [6, 6.07) is 0. The van der Waals surface area contributed by atoms with Gasteiger partial charge in [0, 0.05) is 27.6 Å². The molecule has 0 aromatic carbocycles. The fourth-order valence-electron chi connectivity index (χ4n) is 2.04. The highest BCUT2D eigenvalue weighted by Crippen LogP contribution is 2.60. The van der Waals surface area contributed by atoms with Crippen LogP contribution >= 0.6 is 23.0 Å². The van der Waals surface area contributed by atoms with Gasteiger partial charge in [-0.1, -0.05) is 20.3 Å². The molecule has 4 unspecified atom stereocenters. The van der Waals surface area contributed by atoms with Gasteiger partial charge in [-0.25, -0.2) is 0 Å². The summed E-state index contributed by atoms with van der Waals surface area (Å²) in [5.74, 6) is 3.76. The lowest BCUT2D eigenvalue weighted by Crippen LogP contribution is -2.19. The normalized spacial score (nSPS) is 24.4. The molecule has 0 bridgehead atoms. The Morgan fingerprint density at radius 1 is 1.18 bits per heavy atom. The molecule has 2 N–H and O–H groups in total. The molecule has 6 atom stereocenters. The quantitative estimate of drug-likeness (QED) is 0.321. The van der Waals surface area contributed by atoms with E-state index >= 15 is 0 Å². The Balaban J connectivity index is -0.000000430. The minimum absolute atomic E-state index is 0. The van der Waals surface area contributed by atoms with Gasteiger partial charge in [0.05, 0.1) is 30.8 Å². The van der Waals surface area contributed by atoms with E-state index in [2.05, 4.69) is 30.5 Å². The van der Waals surface area contributed by atoms with Crippen molar-refractivity contribution >= 4 is 28.9 Å². The Hall–Kier alpha value is -0.600. The molecule has 33 heavy (non-hydrogen) atoms. The molecule has 0 aromatic heterocycles. The van der Waals surface area contributed by atoms with E-state index in [0.29, 0.717) is 13.7 Å². The molecule has 0 saturated carbocycles. The fraction of sp³-hybridized carbons (Fsp3) is 0.824. The molecule has 1 aliphatic rings. The largest absolute Gasteiger partial charge is 0.778 e. The van der Waals surface area contributed by atoms with E-state index in [4.69, 9.17) is 4.74 Å². The molecule has 0 radical (unpaired) electrons. The Morgan fingerprint density at radius 3 is 2.03 bits per heavy atom. The summed E-state index contributed by atoms with van der Waals surface area (Å²) in [6.45, 7) is 7.70. The molecule has 13 nitrogen and oxygen atoms in total. The lowest BCUT2D eigenvalue weighted by molar-refractivity contribution is -0.230. The number of rotatable bonds is 8. The first-order valence-electron chi connectivity index (χ1n) is 9.26. The topological polar surface area (TPSA) is 207 Å². The average molecular weight is 538 g/mol. The Labute approximate surface area is 195 Å². The van der Waals surface area contributed by atoms with Gasteiger partial charge < -0.3 is 48.0 Å². The number of aliphatic hydroxyl groups excluding tert-OH is 1. The van der Waals surface area contributed by atoms with Crippen molar-refractivity contribution in [2.75, 3.05) is 26.7 Å². The Morgan fingerprint density at radius 2 is 1.73 bits per heavy atom. The molecule has 1 aliphatic heterocycles. The van der Waals surface area contributed by atoms with Gasteiger partial charge >= 0.3 is 0 Å². The molecule has 198 valence electrons. The lowest BCUT2D eigenvalue weighted by atomic mass is 10.1. The molecule has 1 heterocycles.